The summed E-state index contributed by atoms with van der Waals surface area (Å²) in [4.78, 5) is 12.1. The van der Waals surface area contributed by atoms with E-state index in [0.717, 1.165) is 16.7 Å². The molecule has 0 aliphatic heterocycles. The summed E-state index contributed by atoms with van der Waals surface area (Å²) in [5, 5.41) is 18.4. The first-order valence-electron chi connectivity index (χ1n) is 7.96. The van der Waals surface area contributed by atoms with Gasteiger partial charge >= 0.3 is 0 Å². The second kappa shape index (κ2) is 6.60. The number of tetrazole rings is 1. The summed E-state index contributed by atoms with van der Waals surface area (Å²) >= 11 is 0. The molecule has 0 unspecified atom stereocenters. The molecule has 0 radical (unpaired) electrons. The molecule has 8 nitrogen and oxygen atoms in total. The van der Waals surface area contributed by atoms with E-state index < -0.39 is 0 Å². The van der Waals surface area contributed by atoms with Gasteiger partial charge in [0, 0.05) is 22.9 Å². The van der Waals surface area contributed by atoms with Crippen molar-refractivity contribution in [3.63, 3.8) is 0 Å². The van der Waals surface area contributed by atoms with Crippen LogP contribution in [-0.4, -0.2) is 30.4 Å². The van der Waals surface area contributed by atoms with Crippen molar-refractivity contribution < 1.29 is 0 Å². The second-order valence-corrected chi connectivity index (χ2v) is 5.77. The fraction of sp³-hybridized carbons (Fsp3) is 0.0556. The second-order valence-electron chi connectivity index (χ2n) is 5.77. The van der Waals surface area contributed by atoms with Crippen LogP contribution in [-0.2, 0) is 6.54 Å². The molecule has 4 rings (SSSR count). The minimum absolute atomic E-state index is 0.167. The van der Waals surface area contributed by atoms with Crippen LogP contribution in [0.15, 0.2) is 65.5 Å². The summed E-state index contributed by atoms with van der Waals surface area (Å²) in [5.74, 6) is 0.524. The van der Waals surface area contributed by atoms with E-state index in [0.29, 0.717) is 23.8 Å². The van der Waals surface area contributed by atoms with E-state index in [1.165, 1.54) is 10.7 Å². The summed E-state index contributed by atoms with van der Waals surface area (Å²) in [6.07, 6.45) is 0. The summed E-state index contributed by atoms with van der Waals surface area (Å²) in [5.41, 5.74) is 9.64. The van der Waals surface area contributed by atoms with Crippen LogP contribution < -0.4 is 11.3 Å². The standard InChI is InChI=1S/C18H15N7O/c19-15-3-1-2-12(10-15)11-25-17(26)9-8-16(22-25)13-4-6-14(7-5-13)18-20-23-24-21-18/h1-10H,11,19H2,(H,20,21,23,24). The van der Waals surface area contributed by atoms with Gasteiger partial charge in [-0.05, 0) is 29.0 Å². The molecular weight excluding hydrogens is 330 g/mol. The largest absolute Gasteiger partial charge is 0.399 e. The molecule has 0 bridgehead atoms. The number of hydrogen-bond donors (Lipinski definition) is 2. The molecule has 0 aliphatic rings. The highest BCUT2D eigenvalue weighted by Crippen LogP contribution is 2.20. The zero-order valence-corrected chi connectivity index (χ0v) is 13.7. The lowest BCUT2D eigenvalue weighted by atomic mass is 10.1. The third kappa shape index (κ3) is 3.20. The Morgan fingerprint density at radius 3 is 2.54 bits per heavy atom. The summed E-state index contributed by atoms with van der Waals surface area (Å²) in [7, 11) is 0. The summed E-state index contributed by atoms with van der Waals surface area (Å²) in [6.45, 7) is 0.360. The SMILES string of the molecule is Nc1cccc(Cn2nc(-c3ccc(-c4nn[nH]n4)cc3)ccc2=O)c1. The van der Waals surface area contributed by atoms with Crippen molar-refractivity contribution in [2.45, 2.75) is 6.54 Å². The fourth-order valence-corrected chi connectivity index (χ4v) is 2.65. The monoisotopic (exact) mass is 345 g/mol. The third-order valence-corrected chi connectivity index (χ3v) is 3.93. The van der Waals surface area contributed by atoms with E-state index in [4.69, 9.17) is 5.73 Å². The number of benzene rings is 2. The highest BCUT2D eigenvalue weighted by atomic mass is 16.1. The van der Waals surface area contributed by atoms with Crippen molar-refractivity contribution in [1.29, 1.82) is 0 Å². The van der Waals surface area contributed by atoms with Gasteiger partial charge in [-0.1, -0.05) is 36.4 Å². The Morgan fingerprint density at radius 1 is 1.00 bits per heavy atom. The van der Waals surface area contributed by atoms with Gasteiger partial charge in [0.15, 0.2) is 0 Å². The van der Waals surface area contributed by atoms with Crippen LogP contribution in [0.3, 0.4) is 0 Å². The number of anilines is 1. The van der Waals surface area contributed by atoms with Crippen LogP contribution in [0.5, 0.6) is 0 Å². The minimum atomic E-state index is -0.167. The van der Waals surface area contributed by atoms with Crippen molar-refractivity contribution in [2.24, 2.45) is 0 Å². The van der Waals surface area contributed by atoms with Crippen molar-refractivity contribution in [1.82, 2.24) is 30.4 Å². The van der Waals surface area contributed by atoms with Crippen LogP contribution >= 0.6 is 0 Å². The molecule has 0 saturated carbocycles. The smallest absolute Gasteiger partial charge is 0.267 e. The van der Waals surface area contributed by atoms with Crippen LogP contribution in [0.4, 0.5) is 5.69 Å². The van der Waals surface area contributed by atoms with E-state index in [2.05, 4.69) is 25.7 Å². The topological polar surface area (TPSA) is 115 Å². The van der Waals surface area contributed by atoms with E-state index in [1.54, 1.807) is 12.1 Å². The van der Waals surface area contributed by atoms with Crippen molar-refractivity contribution in [3.05, 3.63) is 76.6 Å². The van der Waals surface area contributed by atoms with Gasteiger partial charge in [-0.2, -0.15) is 10.3 Å². The molecule has 2 aromatic heterocycles. The number of aromatic amines is 1. The predicted octanol–water partition coefficient (Wildman–Crippen LogP) is 1.72. The van der Waals surface area contributed by atoms with Gasteiger partial charge in [0.05, 0.1) is 12.2 Å². The van der Waals surface area contributed by atoms with Gasteiger partial charge in [0.1, 0.15) is 0 Å². The molecule has 0 spiro atoms. The van der Waals surface area contributed by atoms with Crippen LogP contribution in [0.25, 0.3) is 22.6 Å². The molecule has 2 heterocycles. The Hall–Kier alpha value is -3.81. The molecule has 0 fully saturated rings. The van der Waals surface area contributed by atoms with Gasteiger partial charge < -0.3 is 5.73 Å². The van der Waals surface area contributed by atoms with E-state index in [1.807, 2.05) is 42.5 Å². The number of nitrogens with zero attached hydrogens (tertiary/aromatic N) is 5. The van der Waals surface area contributed by atoms with Crippen molar-refractivity contribution in [3.8, 4) is 22.6 Å². The number of aromatic nitrogens is 6. The number of nitrogens with two attached hydrogens (primary N) is 1. The maximum atomic E-state index is 12.1. The molecule has 0 saturated heterocycles. The molecule has 128 valence electrons. The highest BCUT2D eigenvalue weighted by Gasteiger charge is 2.07. The van der Waals surface area contributed by atoms with Gasteiger partial charge in [0.2, 0.25) is 5.82 Å². The predicted molar refractivity (Wildman–Crippen MR) is 97.1 cm³/mol. The molecule has 0 aliphatic carbocycles. The first kappa shape index (κ1) is 15.7. The lowest BCUT2D eigenvalue weighted by Gasteiger charge is -2.08. The Morgan fingerprint density at radius 2 is 1.81 bits per heavy atom. The Bertz CT molecular complexity index is 1090. The van der Waals surface area contributed by atoms with Crippen LogP contribution in [0, 0.1) is 0 Å². The molecule has 3 N–H and O–H groups in total. The van der Waals surface area contributed by atoms with Crippen molar-refractivity contribution in [2.75, 3.05) is 5.73 Å². The lowest BCUT2D eigenvalue weighted by Crippen LogP contribution is -2.22. The zero-order valence-electron chi connectivity index (χ0n) is 13.7. The number of hydrogen-bond acceptors (Lipinski definition) is 6. The van der Waals surface area contributed by atoms with Crippen LogP contribution in [0.2, 0.25) is 0 Å². The molecule has 26 heavy (non-hydrogen) atoms. The zero-order chi connectivity index (χ0) is 17.9. The Labute approximate surface area is 148 Å². The maximum Gasteiger partial charge on any atom is 0.267 e. The van der Waals surface area contributed by atoms with Gasteiger partial charge in [0.25, 0.3) is 5.56 Å². The molecule has 0 atom stereocenters. The quantitative estimate of drug-likeness (QED) is 0.544. The lowest BCUT2D eigenvalue weighted by molar-refractivity contribution is 0.643. The van der Waals surface area contributed by atoms with Crippen molar-refractivity contribution >= 4 is 5.69 Å². The van der Waals surface area contributed by atoms with Gasteiger partial charge in [-0.25, -0.2) is 4.68 Å². The molecule has 8 heteroatoms. The summed E-state index contributed by atoms with van der Waals surface area (Å²) in [6, 6.07) is 18.2. The number of nitrogen functional groups attached to an aromatic ring is 1. The fourth-order valence-electron chi connectivity index (χ4n) is 2.65. The first-order chi connectivity index (χ1) is 12.7. The molecule has 2 aromatic carbocycles. The first-order valence-corrected chi connectivity index (χ1v) is 7.96. The number of rotatable bonds is 4. The Kier molecular flexibility index (Phi) is 3.98. The minimum Gasteiger partial charge on any atom is -0.399 e. The van der Waals surface area contributed by atoms with E-state index in [9.17, 15) is 4.79 Å². The normalized spacial score (nSPS) is 10.8. The third-order valence-electron chi connectivity index (χ3n) is 3.93. The average molecular weight is 345 g/mol. The van der Waals surface area contributed by atoms with Gasteiger partial charge in [-0.15, -0.1) is 10.2 Å². The Balaban J connectivity index is 1.64. The average Bonchev–Trinajstić information content (AvgIpc) is 3.19. The molecular formula is C18H15N7O. The highest BCUT2D eigenvalue weighted by molar-refractivity contribution is 5.64. The van der Waals surface area contributed by atoms with E-state index >= 15 is 0 Å². The maximum absolute atomic E-state index is 12.1. The van der Waals surface area contributed by atoms with Crippen LogP contribution in [0.1, 0.15) is 5.56 Å². The number of H-pyrrole nitrogens is 1. The van der Waals surface area contributed by atoms with Gasteiger partial charge in [-0.3, -0.25) is 4.79 Å². The molecule has 0 amide bonds. The summed E-state index contributed by atoms with van der Waals surface area (Å²) < 4.78 is 1.43. The number of nitrogens with one attached hydrogen (secondary N) is 1. The molecule has 4 aromatic rings. The van der Waals surface area contributed by atoms with E-state index in [-0.39, 0.29) is 5.56 Å².